The maximum atomic E-state index is 12.4. The van der Waals surface area contributed by atoms with Crippen LogP contribution in [-0.4, -0.2) is 30.4 Å². The Morgan fingerprint density at radius 3 is 2.76 bits per heavy atom. The average molecular weight is 338 g/mol. The van der Waals surface area contributed by atoms with Crippen molar-refractivity contribution in [3.05, 3.63) is 59.0 Å². The van der Waals surface area contributed by atoms with Gasteiger partial charge < -0.3 is 9.73 Å². The van der Waals surface area contributed by atoms with Gasteiger partial charge in [-0.05, 0) is 74.0 Å². The van der Waals surface area contributed by atoms with Crippen molar-refractivity contribution < 1.29 is 9.21 Å². The number of hydrogen-bond donors (Lipinski definition) is 1. The average Bonchev–Trinajstić information content (AvgIpc) is 3.37. The van der Waals surface area contributed by atoms with Gasteiger partial charge in [0, 0.05) is 6.54 Å². The number of carbonyl (C=O) groups excluding carboxylic acids is 1. The number of fused-ring (bicyclic) bond motifs is 1. The van der Waals surface area contributed by atoms with Crippen LogP contribution in [0.5, 0.6) is 0 Å². The summed E-state index contributed by atoms with van der Waals surface area (Å²) in [7, 11) is 0. The second-order valence-electron chi connectivity index (χ2n) is 7.21. The Kier molecular flexibility index (Phi) is 4.88. The first-order chi connectivity index (χ1) is 12.3. The molecule has 1 fully saturated rings. The minimum absolute atomic E-state index is 0.0914. The smallest absolute Gasteiger partial charge is 0.224 e. The third-order valence-electron chi connectivity index (χ3n) is 5.47. The molecule has 4 rings (SSSR count). The Morgan fingerprint density at radius 1 is 1.12 bits per heavy atom. The molecular weight excluding hydrogens is 312 g/mol. The predicted molar refractivity (Wildman–Crippen MR) is 97.4 cm³/mol. The third kappa shape index (κ3) is 3.79. The van der Waals surface area contributed by atoms with Gasteiger partial charge in [-0.2, -0.15) is 0 Å². The third-order valence-corrected chi connectivity index (χ3v) is 5.47. The number of carbonyl (C=O) groups is 1. The number of furan rings is 1. The first-order valence-electron chi connectivity index (χ1n) is 9.44. The molecule has 0 spiro atoms. The molecule has 4 heteroatoms. The number of rotatable bonds is 6. The van der Waals surface area contributed by atoms with Crippen molar-refractivity contribution in [3.63, 3.8) is 0 Å². The minimum Gasteiger partial charge on any atom is -0.468 e. The van der Waals surface area contributed by atoms with E-state index in [1.807, 2.05) is 12.1 Å². The second kappa shape index (κ2) is 7.44. The van der Waals surface area contributed by atoms with Crippen LogP contribution in [0, 0.1) is 0 Å². The van der Waals surface area contributed by atoms with Gasteiger partial charge in [-0.3, -0.25) is 9.69 Å². The highest BCUT2D eigenvalue weighted by atomic mass is 16.3. The lowest BCUT2D eigenvalue weighted by atomic mass is 10.0. The molecule has 2 aromatic rings. The number of amides is 1. The van der Waals surface area contributed by atoms with Gasteiger partial charge in [-0.15, -0.1) is 0 Å². The molecule has 0 bridgehead atoms. The van der Waals surface area contributed by atoms with Crippen LogP contribution < -0.4 is 5.32 Å². The lowest BCUT2D eigenvalue weighted by Gasteiger charge is -2.26. The topological polar surface area (TPSA) is 45.5 Å². The normalized spacial score (nSPS) is 18.2. The van der Waals surface area contributed by atoms with E-state index in [0.29, 0.717) is 13.0 Å². The maximum Gasteiger partial charge on any atom is 0.224 e. The molecule has 1 aromatic carbocycles. The van der Waals surface area contributed by atoms with Crippen molar-refractivity contribution in [1.82, 2.24) is 10.2 Å². The van der Waals surface area contributed by atoms with Crippen molar-refractivity contribution in [1.29, 1.82) is 0 Å². The molecule has 2 heterocycles. The Bertz CT molecular complexity index is 718. The fourth-order valence-electron chi connectivity index (χ4n) is 4.14. The van der Waals surface area contributed by atoms with Gasteiger partial charge in [0.2, 0.25) is 5.91 Å². The Hall–Kier alpha value is -2.07. The van der Waals surface area contributed by atoms with Gasteiger partial charge in [0.1, 0.15) is 5.76 Å². The van der Waals surface area contributed by atoms with Crippen LogP contribution in [0.25, 0.3) is 0 Å². The number of hydrogen-bond acceptors (Lipinski definition) is 3. The highest BCUT2D eigenvalue weighted by Gasteiger charge is 2.26. The molecule has 2 aliphatic rings. The summed E-state index contributed by atoms with van der Waals surface area (Å²) in [5.74, 6) is 1.04. The van der Waals surface area contributed by atoms with E-state index >= 15 is 0 Å². The quantitative estimate of drug-likeness (QED) is 0.879. The van der Waals surface area contributed by atoms with Gasteiger partial charge >= 0.3 is 0 Å². The summed E-state index contributed by atoms with van der Waals surface area (Å²) in [4.78, 5) is 14.9. The van der Waals surface area contributed by atoms with Crippen molar-refractivity contribution in [2.45, 2.75) is 44.6 Å². The maximum absolute atomic E-state index is 12.4. The summed E-state index contributed by atoms with van der Waals surface area (Å²) in [5.41, 5.74) is 4.00. The predicted octanol–water partition coefficient (Wildman–Crippen LogP) is 3.26. The van der Waals surface area contributed by atoms with Crippen molar-refractivity contribution in [2.24, 2.45) is 0 Å². The monoisotopic (exact) mass is 338 g/mol. The van der Waals surface area contributed by atoms with Gasteiger partial charge in [0.25, 0.3) is 0 Å². The second-order valence-corrected chi connectivity index (χ2v) is 7.21. The largest absolute Gasteiger partial charge is 0.468 e. The van der Waals surface area contributed by atoms with Crippen LogP contribution in [0.2, 0.25) is 0 Å². The van der Waals surface area contributed by atoms with Crippen LogP contribution in [-0.2, 0) is 24.1 Å². The summed E-state index contributed by atoms with van der Waals surface area (Å²) in [6.07, 6.45) is 8.19. The van der Waals surface area contributed by atoms with Crippen molar-refractivity contribution in [3.8, 4) is 0 Å². The lowest BCUT2D eigenvalue weighted by Crippen LogP contribution is -2.37. The molecule has 1 aromatic heterocycles. The van der Waals surface area contributed by atoms with E-state index in [0.717, 1.165) is 30.8 Å². The highest BCUT2D eigenvalue weighted by molar-refractivity contribution is 5.78. The number of benzene rings is 1. The molecule has 0 radical (unpaired) electrons. The summed E-state index contributed by atoms with van der Waals surface area (Å²) < 4.78 is 5.62. The fourth-order valence-corrected chi connectivity index (χ4v) is 4.14. The van der Waals surface area contributed by atoms with E-state index in [9.17, 15) is 4.79 Å². The van der Waals surface area contributed by atoms with Gasteiger partial charge in [0.05, 0.1) is 18.7 Å². The lowest BCUT2D eigenvalue weighted by molar-refractivity contribution is -0.120. The highest BCUT2D eigenvalue weighted by Crippen LogP contribution is 2.25. The number of nitrogens with one attached hydrogen (secondary N) is 1. The van der Waals surface area contributed by atoms with E-state index in [1.165, 1.54) is 36.8 Å². The summed E-state index contributed by atoms with van der Waals surface area (Å²) in [6.45, 7) is 2.76. The molecule has 0 saturated carbocycles. The SMILES string of the molecule is O=C(Cc1ccc2c(c1)CCC2)NCC(c1ccco1)N1CCCC1. The van der Waals surface area contributed by atoms with E-state index in [-0.39, 0.29) is 11.9 Å². The fraction of sp³-hybridized carbons (Fsp3) is 0.476. The number of likely N-dealkylation sites (tertiary alicyclic amines) is 1. The molecule has 1 aliphatic heterocycles. The molecule has 25 heavy (non-hydrogen) atoms. The summed E-state index contributed by atoms with van der Waals surface area (Å²) in [6, 6.07) is 10.6. The molecule has 1 amide bonds. The Labute approximate surface area is 149 Å². The minimum atomic E-state index is 0.0914. The first-order valence-corrected chi connectivity index (χ1v) is 9.44. The van der Waals surface area contributed by atoms with Crippen molar-refractivity contribution >= 4 is 5.91 Å². The van der Waals surface area contributed by atoms with Crippen LogP contribution in [0.3, 0.4) is 0 Å². The molecule has 4 nitrogen and oxygen atoms in total. The molecule has 1 unspecified atom stereocenters. The van der Waals surface area contributed by atoms with Crippen LogP contribution in [0.1, 0.15) is 47.8 Å². The summed E-state index contributed by atoms with van der Waals surface area (Å²) >= 11 is 0. The molecule has 1 N–H and O–H groups in total. The van der Waals surface area contributed by atoms with E-state index in [4.69, 9.17) is 4.42 Å². The molecule has 132 valence electrons. The number of aryl methyl sites for hydroxylation is 2. The zero-order chi connectivity index (χ0) is 17.1. The Morgan fingerprint density at radius 2 is 1.96 bits per heavy atom. The van der Waals surface area contributed by atoms with Gasteiger partial charge in [-0.1, -0.05) is 18.2 Å². The molecular formula is C21H26N2O2. The van der Waals surface area contributed by atoms with Crippen LogP contribution in [0.15, 0.2) is 41.0 Å². The van der Waals surface area contributed by atoms with Crippen LogP contribution >= 0.6 is 0 Å². The zero-order valence-electron chi connectivity index (χ0n) is 14.7. The molecule has 1 aliphatic carbocycles. The van der Waals surface area contributed by atoms with E-state index in [1.54, 1.807) is 6.26 Å². The summed E-state index contributed by atoms with van der Waals surface area (Å²) in [5, 5.41) is 3.12. The standard InChI is InChI=1S/C21H26N2O2/c24-21(14-16-8-9-17-5-3-6-18(17)13-16)22-15-19(20-7-4-12-25-20)23-10-1-2-11-23/h4,7-9,12-13,19H,1-3,5-6,10-11,14-15H2,(H,22,24). The molecule has 1 saturated heterocycles. The van der Waals surface area contributed by atoms with Crippen LogP contribution in [0.4, 0.5) is 0 Å². The first kappa shape index (κ1) is 16.4. The molecule has 1 atom stereocenters. The van der Waals surface area contributed by atoms with E-state index < -0.39 is 0 Å². The zero-order valence-corrected chi connectivity index (χ0v) is 14.7. The number of nitrogens with zero attached hydrogens (tertiary/aromatic N) is 1. The van der Waals surface area contributed by atoms with Gasteiger partial charge in [0.15, 0.2) is 0 Å². The Balaban J connectivity index is 1.36. The van der Waals surface area contributed by atoms with E-state index in [2.05, 4.69) is 28.4 Å². The van der Waals surface area contributed by atoms with Gasteiger partial charge in [-0.25, -0.2) is 0 Å². The van der Waals surface area contributed by atoms with Crippen molar-refractivity contribution in [2.75, 3.05) is 19.6 Å².